The molecule has 1 aliphatic heterocycles. The molecule has 0 unspecified atom stereocenters. The molecule has 1 aliphatic rings. The Balaban J connectivity index is 1.76. The van der Waals surface area contributed by atoms with Crippen LogP contribution in [0.4, 0.5) is 4.79 Å². The van der Waals surface area contributed by atoms with Crippen molar-refractivity contribution in [2.24, 2.45) is 0 Å². The van der Waals surface area contributed by atoms with Crippen molar-refractivity contribution in [3.05, 3.63) is 76.9 Å². The van der Waals surface area contributed by atoms with Crippen molar-refractivity contribution in [3.8, 4) is 0 Å². The van der Waals surface area contributed by atoms with E-state index < -0.39 is 39.6 Å². The van der Waals surface area contributed by atoms with Gasteiger partial charge in [-0.05, 0) is 49.9 Å². The number of aryl methyl sites for hydroxylation is 1. The molecule has 192 valence electrons. The van der Waals surface area contributed by atoms with Crippen LogP contribution in [0.2, 0.25) is 0 Å². The third-order valence-electron chi connectivity index (χ3n) is 5.57. The van der Waals surface area contributed by atoms with E-state index in [0.717, 1.165) is 15.9 Å². The maximum atomic E-state index is 13.1. The van der Waals surface area contributed by atoms with Crippen LogP contribution in [0.1, 0.15) is 43.0 Å². The number of alkyl carbamates (subject to hydrolysis) is 1. The van der Waals surface area contributed by atoms with Crippen molar-refractivity contribution in [2.75, 3.05) is 7.11 Å². The van der Waals surface area contributed by atoms with E-state index in [0.29, 0.717) is 16.7 Å². The summed E-state index contributed by atoms with van der Waals surface area (Å²) in [6, 6.07) is 13.0. The molecule has 0 radical (unpaired) electrons. The Hall–Kier alpha value is -3.66. The Morgan fingerprint density at radius 2 is 1.72 bits per heavy atom. The van der Waals surface area contributed by atoms with Gasteiger partial charge in [0.05, 0.1) is 12.6 Å². The molecule has 0 fully saturated rings. The lowest BCUT2D eigenvalue weighted by atomic mass is 9.99. The Morgan fingerprint density at radius 1 is 1.06 bits per heavy atom. The molecule has 36 heavy (non-hydrogen) atoms. The minimum Gasteiger partial charge on any atom is -0.467 e. The summed E-state index contributed by atoms with van der Waals surface area (Å²) in [5.74, 6) is -1.24. The maximum absolute atomic E-state index is 13.1. The summed E-state index contributed by atoms with van der Waals surface area (Å²) >= 11 is 0. The molecule has 0 saturated carbocycles. The smallest absolute Gasteiger partial charge is 0.408 e. The zero-order valence-electron chi connectivity index (χ0n) is 20.9. The number of hydrogen-bond acceptors (Lipinski definition) is 7. The maximum Gasteiger partial charge on any atom is 0.408 e. The number of benzene rings is 2. The SMILES string of the molecule is COC(=O)[C@H](Cc1ccc(C2=CC(=O)N(C(C)(C)C)S2(=O)=O)c(C)c1)NC(=O)OCc1ccccc1. The molecule has 2 amide bonds. The van der Waals surface area contributed by atoms with Gasteiger partial charge in [0, 0.05) is 12.5 Å². The largest absolute Gasteiger partial charge is 0.467 e. The third-order valence-corrected chi connectivity index (χ3v) is 7.67. The van der Waals surface area contributed by atoms with Gasteiger partial charge >= 0.3 is 12.1 Å². The van der Waals surface area contributed by atoms with Crippen molar-refractivity contribution in [1.29, 1.82) is 0 Å². The Kier molecular flexibility index (Phi) is 7.88. The van der Waals surface area contributed by atoms with Crippen LogP contribution < -0.4 is 5.32 Å². The standard InChI is InChI=1S/C26H30N2O7S/c1-17-13-19(11-12-20(17)22-15-23(29)28(26(2,3)4)36(22,32)33)14-21(24(30)34-5)27-25(31)35-16-18-9-7-6-8-10-18/h6-13,15,21H,14,16H2,1-5H3,(H,27,31)/t21-/m0/s1. The van der Waals surface area contributed by atoms with Crippen molar-refractivity contribution < 1.29 is 32.3 Å². The van der Waals surface area contributed by atoms with Gasteiger partial charge in [-0.15, -0.1) is 0 Å². The number of esters is 1. The number of ether oxygens (including phenoxy) is 2. The molecule has 1 heterocycles. The second-order valence-electron chi connectivity index (χ2n) is 9.42. The van der Waals surface area contributed by atoms with Gasteiger partial charge < -0.3 is 14.8 Å². The molecule has 1 atom stereocenters. The first kappa shape index (κ1) is 26.9. The fourth-order valence-corrected chi connectivity index (χ4v) is 5.94. The summed E-state index contributed by atoms with van der Waals surface area (Å²) in [7, 11) is -2.79. The molecular formula is C26H30N2O7S. The summed E-state index contributed by atoms with van der Waals surface area (Å²) in [4.78, 5) is 37.0. The molecule has 9 nitrogen and oxygen atoms in total. The number of nitrogens with one attached hydrogen (secondary N) is 1. The van der Waals surface area contributed by atoms with E-state index in [9.17, 15) is 22.8 Å². The van der Waals surface area contributed by atoms with Crippen LogP contribution in [0.15, 0.2) is 54.6 Å². The number of rotatable bonds is 7. The molecule has 0 spiro atoms. The molecule has 2 aromatic carbocycles. The third kappa shape index (κ3) is 5.93. The van der Waals surface area contributed by atoms with Crippen LogP contribution in [-0.2, 0) is 42.1 Å². The second kappa shape index (κ2) is 10.5. The average Bonchev–Trinajstić information content (AvgIpc) is 3.05. The molecule has 10 heteroatoms. The molecule has 2 aromatic rings. The minimum atomic E-state index is -4.01. The quantitative estimate of drug-likeness (QED) is 0.563. The molecule has 0 bridgehead atoms. The van der Waals surface area contributed by atoms with Crippen LogP contribution in [-0.4, -0.2) is 49.4 Å². The molecule has 0 aromatic heterocycles. The first-order valence-corrected chi connectivity index (χ1v) is 12.7. The highest BCUT2D eigenvalue weighted by atomic mass is 32.2. The van der Waals surface area contributed by atoms with Gasteiger partial charge in [-0.25, -0.2) is 22.3 Å². The Morgan fingerprint density at radius 3 is 2.28 bits per heavy atom. The van der Waals surface area contributed by atoms with E-state index in [1.165, 1.54) is 7.11 Å². The second-order valence-corrected chi connectivity index (χ2v) is 11.2. The normalized spacial score (nSPS) is 15.8. The summed E-state index contributed by atoms with van der Waals surface area (Å²) in [5, 5.41) is 2.52. The van der Waals surface area contributed by atoms with Crippen LogP contribution in [0.5, 0.6) is 0 Å². The molecule has 3 rings (SSSR count). The van der Waals surface area contributed by atoms with Crippen LogP contribution in [0.25, 0.3) is 4.91 Å². The first-order chi connectivity index (χ1) is 16.8. The fraction of sp³-hybridized carbons (Fsp3) is 0.346. The number of amides is 2. The highest BCUT2D eigenvalue weighted by molar-refractivity contribution is 7.99. The summed E-state index contributed by atoms with van der Waals surface area (Å²) in [6.45, 7) is 6.72. The summed E-state index contributed by atoms with van der Waals surface area (Å²) in [6.07, 6.45) is 0.447. The highest BCUT2D eigenvalue weighted by Crippen LogP contribution is 2.36. The van der Waals surface area contributed by atoms with Gasteiger partial charge in [-0.1, -0.05) is 48.5 Å². The minimum absolute atomic E-state index is 0.0439. The topological polar surface area (TPSA) is 119 Å². The van der Waals surface area contributed by atoms with Gasteiger partial charge in [0.2, 0.25) is 0 Å². The van der Waals surface area contributed by atoms with Gasteiger partial charge in [0.25, 0.3) is 15.9 Å². The first-order valence-electron chi connectivity index (χ1n) is 11.3. The number of carbonyl (C=O) groups excluding carboxylic acids is 3. The van der Waals surface area contributed by atoms with Crippen molar-refractivity contribution in [1.82, 2.24) is 9.62 Å². The van der Waals surface area contributed by atoms with Crippen molar-refractivity contribution >= 4 is 32.9 Å². The van der Waals surface area contributed by atoms with E-state index in [1.807, 2.05) is 30.3 Å². The number of carbonyl (C=O) groups is 3. The average molecular weight is 515 g/mol. The Bertz CT molecular complexity index is 1300. The van der Waals surface area contributed by atoms with Crippen molar-refractivity contribution in [3.63, 3.8) is 0 Å². The van der Waals surface area contributed by atoms with E-state index in [4.69, 9.17) is 9.47 Å². The van der Waals surface area contributed by atoms with Gasteiger partial charge in [0.1, 0.15) is 17.6 Å². The lowest BCUT2D eigenvalue weighted by molar-refractivity contribution is -0.143. The summed E-state index contributed by atoms with van der Waals surface area (Å²) < 4.78 is 37.1. The lowest BCUT2D eigenvalue weighted by Crippen LogP contribution is -2.45. The van der Waals surface area contributed by atoms with E-state index >= 15 is 0 Å². The zero-order valence-corrected chi connectivity index (χ0v) is 21.7. The predicted molar refractivity (Wildman–Crippen MR) is 134 cm³/mol. The molecule has 0 aliphatic carbocycles. The zero-order chi connectivity index (χ0) is 26.7. The summed E-state index contributed by atoms with van der Waals surface area (Å²) in [5.41, 5.74) is 1.54. The van der Waals surface area contributed by atoms with E-state index in [-0.39, 0.29) is 17.9 Å². The van der Waals surface area contributed by atoms with E-state index in [1.54, 1.807) is 45.9 Å². The molecule has 0 saturated heterocycles. The van der Waals surface area contributed by atoms with Gasteiger partial charge in [-0.2, -0.15) is 0 Å². The van der Waals surface area contributed by atoms with Crippen LogP contribution in [0, 0.1) is 6.92 Å². The van der Waals surface area contributed by atoms with E-state index in [2.05, 4.69) is 5.32 Å². The van der Waals surface area contributed by atoms with Crippen LogP contribution in [0.3, 0.4) is 0 Å². The number of hydrogen-bond donors (Lipinski definition) is 1. The van der Waals surface area contributed by atoms with Crippen molar-refractivity contribution in [2.45, 2.75) is 52.3 Å². The molecular weight excluding hydrogens is 484 g/mol. The highest BCUT2D eigenvalue weighted by Gasteiger charge is 2.44. The lowest BCUT2D eigenvalue weighted by Gasteiger charge is -2.30. The van der Waals surface area contributed by atoms with Crippen LogP contribution >= 0.6 is 0 Å². The predicted octanol–water partition coefficient (Wildman–Crippen LogP) is 3.32. The number of nitrogens with zero attached hydrogens (tertiary/aromatic N) is 1. The number of sulfonamides is 1. The Labute approximate surface area is 211 Å². The number of methoxy groups -OCH3 is 1. The molecule has 1 N–H and O–H groups in total. The fourth-order valence-electron chi connectivity index (χ4n) is 3.98. The monoisotopic (exact) mass is 514 g/mol. The van der Waals surface area contributed by atoms with Gasteiger partial charge in [0.15, 0.2) is 0 Å². The van der Waals surface area contributed by atoms with Gasteiger partial charge in [-0.3, -0.25) is 4.79 Å².